The lowest BCUT2D eigenvalue weighted by Gasteiger charge is -2.21. The van der Waals surface area contributed by atoms with Gasteiger partial charge in [0.2, 0.25) is 0 Å². The van der Waals surface area contributed by atoms with Gasteiger partial charge >= 0.3 is 0 Å². The molecule has 1 aliphatic rings. The fourth-order valence-corrected chi connectivity index (χ4v) is 3.08. The summed E-state index contributed by atoms with van der Waals surface area (Å²) in [5.74, 6) is 1.20. The van der Waals surface area contributed by atoms with E-state index in [0.29, 0.717) is 0 Å². The molecule has 16 heavy (non-hydrogen) atoms. The third kappa shape index (κ3) is 1.49. The minimum atomic E-state index is 0.289. The van der Waals surface area contributed by atoms with E-state index in [-0.39, 0.29) is 6.04 Å². The maximum atomic E-state index is 6.00. The summed E-state index contributed by atoms with van der Waals surface area (Å²) in [5.41, 5.74) is 8.40. The molecule has 2 aromatic rings. The minimum absolute atomic E-state index is 0.289. The molecule has 0 saturated carbocycles. The first-order valence-electron chi connectivity index (χ1n) is 5.61. The fourth-order valence-electron chi connectivity index (χ4n) is 2.31. The Kier molecular flexibility index (Phi) is 2.33. The Hall–Kier alpha value is -1.13. The average Bonchev–Trinajstić information content (AvgIpc) is 2.87. The Labute approximate surface area is 98.9 Å². The lowest BCUT2D eigenvalue weighted by molar-refractivity contribution is 0.448. The van der Waals surface area contributed by atoms with Crippen molar-refractivity contribution in [2.24, 2.45) is 5.73 Å². The molecule has 0 radical (unpaired) electrons. The number of nitrogens with two attached hydrogens (primary N) is 1. The van der Waals surface area contributed by atoms with Crippen LogP contribution in [0.4, 0.5) is 0 Å². The van der Waals surface area contributed by atoms with E-state index in [2.05, 4.69) is 29.0 Å². The van der Waals surface area contributed by atoms with Crippen molar-refractivity contribution >= 4 is 11.3 Å². The summed E-state index contributed by atoms with van der Waals surface area (Å²) in [4.78, 5) is 6.00. The summed E-state index contributed by atoms with van der Waals surface area (Å²) in [6, 6.07) is 4.49. The van der Waals surface area contributed by atoms with Crippen LogP contribution in [-0.2, 0) is 13.0 Å². The van der Waals surface area contributed by atoms with Crippen LogP contribution in [0, 0.1) is 6.92 Å². The zero-order valence-corrected chi connectivity index (χ0v) is 10.1. The molecule has 2 N–H and O–H groups in total. The van der Waals surface area contributed by atoms with Gasteiger partial charge in [-0.05, 0) is 24.8 Å². The van der Waals surface area contributed by atoms with Crippen LogP contribution in [0.2, 0.25) is 0 Å². The molecule has 3 heterocycles. The second kappa shape index (κ2) is 3.71. The zero-order valence-electron chi connectivity index (χ0n) is 9.31. The second-order valence-corrected chi connectivity index (χ2v) is 5.30. The number of aromatic nitrogens is 2. The highest BCUT2D eigenvalue weighted by Crippen LogP contribution is 2.29. The lowest BCUT2D eigenvalue weighted by atomic mass is 10.1. The summed E-state index contributed by atoms with van der Waals surface area (Å²) in [7, 11) is 0. The standard InChI is InChI=1S/C12H15N3S/c1-8-12(10-3-2-6-16-10)14-11-5-4-9(13)7-15(8)11/h2-3,6,9H,4-5,7,13H2,1H3. The van der Waals surface area contributed by atoms with E-state index < -0.39 is 0 Å². The van der Waals surface area contributed by atoms with Gasteiger partial charge in [0, 0.05) is 24.7 Å². The number of fused-ring (bicyclic) bond motifs is 1. The molecule has 3 rings (SSSR count). The molecule has 2 aromatic heterocycles. The van der Waals surface area contributed by atoms with Gasteiger partial charge in [0.05, 0.1) is 4.88 Å². The molecule has 0 saturated heterocycles. The fraction of sp³-hybridized carbons (Fsp3) is 0.417. The maximum absolute atomic E-state index is 6.00. The van der Waals surface area contributed by atoms with E-state index in [4.69, 9.17) is 10.7 Å². The normalized spacial score (nSPS) is 19.8. The van der Waals surface area contributed by atoms with E-state index in [9.17, 15) is 0 Å². The van der Waals surface area contributed by atoms with E-state index in [1.54, 1.807) is 11.3 Å². The molecule has 0 aromatic carbocycles. The van der Waals surface area contributed by atoms with Crippen LogP contribution in [0.15, 0.2) is 17.5 Å². The molecule has 1 aliphatic heterocycles. The van der Waals surface area contributed by atoms with Crippen molar-refractivity contribution in [3.05, 3.63) is 29.0 Å². The van der Waals surface area contributed by atoms with Gasteiger partial charge in [-0.3, -0.25) is 0 Å². The summed E-state index contributed by atoms with van der Waals surface area (Å²) >= 11 is 1.75. The molecule has 0 fully saturated rings. The molecular formula is C12H15N3S. The lowest BCUT2D eigenvalue weighted by Crippen LogP contribution is -2.32. The van der Waals surface area contributed by atoms with Crippen LogP contribution in [0.1, 0.15) is 17.9 Å². The van der Waals surface area contributed by atoms with E-state index in [1.165, 1.54) is 16.4 Å². The summed E-state index contributed by atoms with van der Waals surface area (Å²) in [5, 5.41) is 2.10. The molecule has 84 valence electrons. The van der Waals surface area contributed by atoms with E-state index in [1.807, 2.05) is 0 Å². The van der Waals surface area contributed by atoms with Crippen LogP contribution in [0.3, 0.4) is 0 Å². The van der Waals surface area contributed by atoms with Gasteiger partial charge in [-0.2, -0.15) is 0 Å². The van der Waals surface area contributed by atoms with Crippen LogP contribution in [0.25, 0.3) is 10.6 Å². The Balaban J connectivity index is 2.09. The van der Waals surface area contributed by atoms with Crippen LogP contribution in [0.5, 0.6) is 0 Å². The number of aryl methyl sites for hydroxylation is 1. The topological polar surface area (TPSA) is 43.8 Å². The first-order chi connectivity index (χ1) is 7.75. The predicted octanol–water partition coefficient (Wildman–Crippen LogP) is 2.19. The van der Waals surface area contributed by atoms with Crippen LogP contribution >= 0.6 is 11.3 Å². The molecule has 0 spiro atoms. The molecular weight excluding hydrogens is 218 g/mol. The predicted molar refractivity (Wildman–Crippen MR) is 66.6 cm³/mol. The van der Waals surface area contributed by atoms with Crippen molar-refractivity contribution in [1.82, 2.24) is 9.55 Å². The summed E-state index contributed by atoms with van der Waals surface area (Å²) < 4.78 is 2.28. The molecule has 1 unspecified atom stereocenters. The molecule has 4 heteroatoms. The number of thiophene rings is 1. The monoisotopic (exact) mass is 233 g/mol. The highest BCUT2D eigenvalue weighted by atomic mass is 32.1. The van der Waals surface area contributed by atoms with Gasteiger partial charge in [0.15, 0.2) is 0 Å². The summed E-state index contributed by atoms with van der Waals surface area (Å²) in [6.45, 7) is 3.06. The Morgan fingerprint density at radius 3 is 3.19 bits per heavy atom. The quantitative estimate of drug-likeness (QED) is 0.820. The number of hydrogen-bond donors (Lipinski definition) is 1. The smallest absolute Gasteiger partial charge is 0.109 e. The minimum Gasteiger partial charge on any atom is -0.330 e. The molecule has 3 nitrogen and oxygen atoms in total. The molecule has 0 amide bonds. The third-order valence-electron chi connectivity index (χ3n) is 3.21. The first-order valence-corrected chi connectivity index (χ1v) is 6.49. The van der Waals surface area contributed by atoms with E-state index in [0.717, 1.165) is 25.1 Å². The SMILES string of the molecule is Cc1c(-c2cccs2)nc2n1CC(N)CC2. The van der Waals surface area contributed by atoms with Crippen molar-refractivity contribution < 1.29 is 0 Å². The second-order valence-electron chi connectivity index (χ2n) is 4.35. The number of imidazole rings is 1. The van der Waals surface area contributed by atoms with Gasteiger partial charge in [-0.25, -0.2) is 4.98 Å². The van der Waals surface area contributed by atoms with Gasteiger partial charge in [0.1, 0.15) is 11.5 Å². The number of hydrogen-bond acceptors (Lipinski definition) is 3. The summed E-state index contributed by atoms with van der Waals surface area (Å²) in [6.07, 6.45) is 2.06. The van der Waals surface area contributed by atoms with Gasteiger partial charge in [-0.1, -0.05) is 6.07 Å². The van der Waals surface area contributed by atoms with Crippen molar-refractivity contribution in [2.75, 3.05) is 0 Å². The molecule has 1 atom stereocenters. The van der Waals surface area contributed by atoms with Crippen molar-refractivity contribution in [3.63, 3.8) is 0 Å². The Morgan fingerprint density at radius 2 is 2.44 bits per heavy atom. The Bertz CT molecular complexity index is 499. The van der Waals surface area contributed by atoms with Gasteiger partial charge < -0.3 is 10.3 Å². The van der Waals surface area contributed by atoms with Gasteiger partial charge in [0.25, 0.3) is 0 Å². The third-order valence-corrected chi connectivity index (χ3v) is 4.09. The molecule has 0 bridgehead atoms. The van der Waals surface area contributed by atoms with Gasteiger partial charge in [-0.15, -0.1) is 11.3 Å². The largest absolute Gasteiger partial charge is 0.330 e. The van der Waals surface area contributed by atoms with Crippen molar-refractivity contribution in [3.8, 4) is 10.6 Å². The van der Waals surface area contributed by atoms with E-state index >= 15 is 0 Å². The van der Waals surface area contributed by atoms with Crippen molar-refractivity contribution in [2.45, 2.75) is 32.4 Å². The maximum Gasteiger partial charge on any atom is 0.109 e. The number of rotatable bonds is 1. The average molecular weight is 233 g/mol. The highest BCUT2D eigenvalue weighted by molar-refractivity contribution is 7.13. The highest BCUT2D eigenvalue weighted by Gasteiger charge is 2.21. The first kappa shape index (κ1) is 10.1. The Morgan fingerprint density at radius 1 is 1.56 bits per heavy atom. The van der Waals surface area contributed by atoms with Crippen LogP contribution < -0.4 is 5.73 Å². The van der Waals surface area contributed by atoms with Crippen LogP contribution in [-0.4, -0.2) is 15.6 Å². The zero-order chi connectivity index (χ0) is 11.1. The number of nitrogens with zero attached hydrogens (tertiary/aromatic N) is 2. The molecule has 0 aliphatic carbocycles. The van der Waals surface area contributed by atoms with Crippen molar-refractivity contribution in [1.29, 1.82) is 0 Å².